The molecular weight excluding hydrogens is 360 g/mol. The number of nitrogens with one attached hydrogen (secondary N) is 1. The summed E-state index contributed by atoms with van der Waals surface area (Å²) in [5.74, 6) is -1.50. The van der Waals surface area contributed by atoms with E-state index in [0.29, 0.717) is 0 Å². The molecule has 2 rings (SSSR count). The summed E-state index contributed by atoms with van der Waals surface area (Å²) in [6.45, 7) is 6.03. The second kappa shape index (κ2) is 6.51. The van der Waals surface area contributed by atoms with Gasteiger partial charge in [0, 0.05) is 18.1 Å². The lowest BCUT2D eigenvalue weighted by atomic mass is 9.85. The van der Waals surface area contributed by atoms with E-state index in [2.05, 4.69) is 35.1 Å². The maximum absolute atomic E-state index is 12.4. The highest BCUT2D eigenvalue weighted by atomic mass is 79.9. The molecule has 0 saturated heterocycles. The van der Waals surface area contributed by atoms with Gasteiger partial charge in [-0.2, -0.15) is 0 Å². The number of aliphatic carboxylic acids is 1. The molecular formula is C17H23BrN2O3. The normalized spacial score (nSPS) is 19.8. The molecule has 0 heterocycles. The molecule has 1 aromatic rings. The number of carbonyl (C=O) groups is 2. The van der Waals surface area contributed by atoms with Crippen LogP contribution in [0.15, 0.2) is 22.7 Å². The molecule has 0 radical (unpaired) electrons. The molecule has 1 aromatic carbocycles. The Morgan fingerprint density at radius 3 is 2.74 bits per heavy atom. The molecule has 0 bridgehead atoms. The van der Waals surface area contributed by atoms with Gasteiger partial charge in [-0.1, -0.05) is 48.8 Å². The third-order valence-corrected chi connectivity index (χ3v) is 5.21. The van der Waals surface area contributed by atoms with Crippen LogP contribution in [-0.4, -0.2) is 35.6 Å². The minimum absolute atomic E-state index is 0.0925. The van der Waals surface area contributed by atoms with Crippen LogP contribution in [0, 0.1) is 11.3 Å². The fraction of sp³-hybridized carbons (Fsp3) is 0.529. The molecule has 2 atom stereocenters. The monoisotopic (exact) mass is 382 g/mol. The van der Waals surface area contributed by atoms with E-state index in [1.807, 2.05) is 18.2 Å². The predicted molar refractivity (Wildman–Crippen MR) is 92.3 cm³/mol. The summed E-state index contributed by atoms with van der Waals surface area (Å²) in [5.41, 5.74) is 2.25. The molecule has 2 unspecified atom stereocenters. The standard InChI is InChI=1S/C17H23BrN2O3/c1-10(15(21)22)9-20(4)16(23)19-14-11-6-5-7-13(18)12(11)8-17(14,2)3/h5-7,10,14H,8-9H2,1-4H3,(H,19,23)(H,21,22). The summed E-state index contributed by atoms with van der Waals surface area (Å²) in [4.78, 5) is 24.8. The summed E-state index contributed by atoms with van der Waals surface area (Å²) >= 11 is 3.58. The molecule has 126 valence electrons. The maximum Gasteiger partial charge on any atom is 0.317 e. The number of carbonyl (C=O) groups excluding carboxylic acids is 1. The van der Waals surface area contributed by atoms with Crippen molar-refractivity contribution in [2.75, 3.05) is 13.6 Å². The van der Waals surface area contributed by atoms with Crippen LogP contribution in [0.1, 0.15) is 37.9 Å². The van der Waals surface area contributed by atoms with Gasteiger partial charge in [-0.05, 0) is 29.0 Å². The number of carboxylic acids is 1. The fourth-order valence-electron chi connectivity index (χ4n) is 3.09. The van der Waals surface area contributed by atoms with E-state index in [4.69, 9.17) is 5.11 Å². The van der Waals surface area contributed by atoms with E-state index in [1.165, 1.54) is 10.5 Å². The minimum atomic E-state index is -0.903. The lowest BCUT2D eigenvalue weighted by Crippen LogP contribution is -2.44. The lowest BCUT2D eigenvalue weighted by molar-refractivity contribution is -0.141. The van der Waals surface area contributed by atoms with Gasteiger partial charge in [0.25, 0.3) is 0 Å². The molecule has 6 heteroatoms. The van der Waals surface area contributed by atoms with Gasteiger partial charge in [0.05, 0.1) is 12.0 Å². The third-order valence-electron chi connectivity index (χ3n) is 4.46. The number of halogens is 1. The molecule has 0 aliphatic heterocycles. The van der Waals surface area contributed by atoms with Crippen molar-refractivity contribution in [2.45, 2.75) is 33.2 Å². The number of benzene rings is 1. The van der Waals surface area contributed by atoms with Crippen molar-refractivity contribution in [3.63, 3.8) is 0 Å². The van der Waals surface area contributed by atoms with Crippen LogP contribution in [-0.2, 0) is 11.2 Å². The highest BCUT2D eigenvalue weighted by molar-refractivity contribution is 9.10. The molecule has 2 amide bonds. The van der Waals surface area contributed by atoms with Gasteiger partial charge in [-0.15, -0.1) is 0 Å². The van der Waals surface area contributed by atoms with Crippen LogP contribution in [0.5, 0.6) is 0 Å². The van der Waals surface area contributed by atoms with Gasteiger partial charge in [0.15, 0.2) is 0 Å². The van der Waals surface area contributed by atoms with Crippen LogP contribution in [0.3, 0.4) is 0 Å². The van der Waals surface area contributed by atoms with E-state index in [-0.39, 0.29) is 24.0 Å². The van der Waals surface area contributed by atoms with Crippen molar-refractivity contribution >= 4 is 27.9 Å². The van der Waals surface area contributed by atoms with Gasteiger partial charge in [-0.25, -0.2) is 4.79 Å². The highest BCUT2D eigenvalue weighted by Crippen LogP contribution is 2.47. The lowest BCUT2D eigenvalue weighted by Gasteiger charge is -2.31. The number of fused-ring (bicyclic) bond motifs is 1. The zero-order valence-corrected chi connectivity index (χ0v) is 15.5. The van der Waals surface area contributed by atoms with E-state index < -0.39 is 11.9 Å². The number of rotatable bonds is 4. The van der Waals surface area contributed by atoms with Crippen molar-refractivity contribution < 1.29 is 14.7 Å². The van der Waals surface area contributed by atoms with Crippen molar-refractivity contribution in [3.8, 4) is 0 Å². The third kappa shape index (κ3) is 3.68. The number of hydrogen-bond acceptors (Lipinski definition) is 2. The Morgan fingerprint density at radius 1 is 1.48 bits per heavy atom. The van der Waals surface area contributed by atoms with Crippen molar-refractivity contribution in [3.05, 3.63) is 33.8 Å². The van der Waals surface area contributed by atoms with Gasteiger partial charge >= 0.3 is 12.0 Å². The quantitative estimate of drug-likeness (QED) is 0.837. The molecule has 5 nitrogen and oxygen atoms in total. The fourth-order valence-corrected chi connectivity index (χ4v) is 3.61. The summed E-state index contributed by atoms with van der Waals surface area (Å²) in [6.07, 6.45) is 0.879. The van der Waals surface area contributed by atoms with Gasteiger partial charge < -0.3 is 15.3 Å². The topological polar surface area (TPSA) is 69.6 Å². The Morgan fingerprint density at radius 2 is 2.13 bits per heavy atom. The van der Waals surface area contributed by atoms with Gasteiger partial charge in [0.1, 0.15) is 0 Å². The number of hydrogen-bond donors (Lipinski definition) is 2. The zero-order valence-electron chi connectivity index (χ0n) is 13.9. The number of amides is 2. The van der Waals surface area contributed by atoms with E-state index in [1.54, 1.807) is 14.0 Å². The summed E-state index contributed by atoms with van der Waals surface area (Å²) < 4.78 is 1.06. The first kappa shape index (κ1) is 17.8. The average Bonchev–Trinajstić information content (AvgIpc) is 2.71. The van der Waals surface area contributed by atoms with Crippen LogP contribution in [0.2, 0.25) is 0 Å². The molecule has 0 saturated carbocycles. The Bertz CT molecular complexity index is 630. The SMILES string of the molecule is CC(CN(C)C(=O)NC1c2cccc(Br)c2CC1(C)C)C(=O)O. The largest absolute Gasteiger partial charge is 0.481 e. The van der Waals surface area contributed by atoms with Gasteiger partial charge in [0.2, 0.25) is 0 Å². The number of carboxylic acid groups (broad SMARTS) is 1. The Labute approximate surface area is 145 Å². The first-order valence-corrected chi connectivity index (χ1v) is 8.44. The number of nitrogens with zero attached hydrogens (tertiary/aromatic N) is 1. The minimum Gasteiger partial charge on any atom is -0.481 e. The van der Waals surface area contributed by atoms with E-state index in [9.17, 15) is 9.59 Å². The Kier molecular flexibility index (Phi) is 5.04. The van der Waals surface area contributed by atoms with Gasteiger partial charge in [-0.3, -0.25) is 4.79 Å². The van der Waals surface area contributed by atoms with Crippen molar-refractivity contribution in [2.24, 2.45) is 11.3 Å². The molecule has 0 aromatic heterocycles. The number of urea groups is 1. The molecule has 1 aliphatic rings. The zero-order chi connectivity index (χ0) is 17.4. The second-order valence-electron chi connectivity index (χ2n) is 6.98. The molecule has 2 N–H and O–H groups in total. The Hall–Kier alpha value is -1.56. The van der Waals surface area contributed by atoms with Crippen LogP contribution in [0.4, 0.5) is 4.79 Å². The van der Waals surface area contributed by atoms with Crippen LogP contribution >= 0.6 is 15.9 Å². The van der Waals surface area contributed by atoms with Crippen molar-refractivity contribution in [1.82, 2.24) is 10.2 Å². The van der Waals surface area contributed by atoms with Crippen LogP contribution < -0.4 is 5.32 Å². The molecule has 23 heavy (non-hydrogen) atoms. The highest BCUT2D eigenvalue weighted by Gasteiger charge is 2.41. The second-order valence-corrected chi connectivity index (χ2v) is 7.83. The summed E-state index contributed by atoms with van der Waals surface area (Å²) in [7, 11) is 1.62. The van der Waals surface area contributed by atoms with E-state index >= 15 is 0 Å². The molecule has 1 aliphatic carbocycles. The summed E-state index contributed by atoms with van der Waals surface area (Å²) in [6, 6.07) is 5.69. The maximum atomic E-state index is 12.4. The summed E-state index contributed by atoms with van der Waals surface area (Å²) in [5, 5.41) is 12.0. The smallest absolute Gasteiger partial charge is 0.317 e. The first-order chi connectivity index (χ1) is 10.6. The van der Waals surface area contributed by atoms with E-state index in [0.717, 1.165) is 16.5 Å². The average molecular weight is 383 g/mol. The Balaban J connectivity index is 2.15. The molecule has 0 spiro atoms. The van der Waals surface area contributed by atoms with Crippen LogP contribution in [0.25, 0.3) is 0 Å². The predicted octanol–water partition coefficient (Wildman–Crippen LogP) is 3.43. The van der Waals surface area contributed by atoms with Crippen molar-refractivity contribution in [1.29, 1.82) is 0 Å². The first-order valence-electron chi connectivity index (χ1n) is 7.65. The molecule has 0 fully saturated rings.